The van der Waals surface area contributed by atoms with Gasteiger partial charge in [0.2, 0.25) is 5.91 Å². The molecule has 166 valence electrons. The average Bonchev–Trinajstić information content (AvgIpc) is 2.75. The van der Waals surface area contributed by atoms with Crippen LogP contribution >= 0.6 is 0 Å². The highest BCUT2D eigenvalue weighted by Crippen LogP contribution is 2.24. The summed E-state index contributed by atoms with van der Waals surface area (Å²) in [6.45, 7) is 3.28. The molecule has 2 aromatic rings. The number of piperidine rings is 1. The number of hydrogen-bond donors (Lipinski definition) is 1. The highest BCUT2D eigenvalue weighted by Gasteiger charge is 2.28. The Balaban J connectivity index is 1.52. The number of carbonyl (C=O) groups is 2. The molecule has 2 aromatic carbocycles. The van der Waals surface area contributed by atoms with Crippen LogP contribution in [0.3, 0.4) is 0 Å². The molecule has 0 aromatic heterocycles. The molecule has 7 heteroatoms. The minimum Gasteiger partial charge on any atom is -0.349 e. The van der Waals surface area contributed by atoms with Crippen LogP contribution in [0.4, 0.5) is 0 Å². The van der Waals surface area contributed by atoms with Gasteiger partial charge in [0.05, 0.1) is 11.7 Å². The predicted octanol–water partition coefficient (Wildman–Crippen LogP) is 3.15. The van der Waals surface area contributed by atoms with Crippen LogP contribution in [0.1, 0.15) is 53.6 Å². The Morgan fingerprint density at radius 2 is 1.65 bits per heavy atom. The van der Waals surface area contributed by atoms with E-state index in [9.17, 15) is 18.0 Å². The fourth-order valence-electron chi connectivity index (χ4n) is 4.03. The number of amides is 2. The van der Waals surface area contributed by atoms with Crippen molar-refractivity contribution in [1.82, 2.24) is 10.2 Å². The Hall–Kier alpha value is -2.67. The first-order valence-corrected chi connectivity index (χ1v) is 12.7. The van der Waals surface area contributed by atoms with E-state index < -0.39 is 9.84 Å². The number of likely N-dealkylation sites (tertiary alicyclic amines) is 1. The van der Waals surface area contributed by atoms with E-state index in [4.69, 9.17) is 0 Å². The van der Waals surface area contributed by atoms with Gasteiger partial charge in [-0.1, -0.05) is 49.4 Å². The van der Waals surface area contributed by atoms with Crippen molar-refractivity contribution in [3.05, 3.63) is 71.3 Å². The van der Waals surface area contributed by atoms with Crippen molar-refractivity contribution < 1.29 is 18.0 Å². The highest BCUT2D eigenvalue weighted by molar-refractivity contribution is 7.89. The van der Waals surface area contributed by atoms with E-state index in [-0.39, 0.29) is 29.5 Å². The van der Waals surface area contributed by atoms with Gasteiger partial charge in [0.15, 0.2) is 9.84 Å². The maximum absolute atomic E-state index is 13.0. The zero-order chi connectivity index (χ0) is 22.4. The van der Waals surface area contributed by atoms with Crippen molar-refractivity contribution in [3.63, 3.8) is 0 Å². The Bertz CT molecular complexity index is 996. The lowest BCUT2D eigenvalue weighted by Crippen LogP contribution is -2.47. The summed E-state index contributed by atoms with van der Waals surface area (Å²) in [6, 6.07) is 16.5. The topological polar surface area (TPSA) is 83.6 Å². The standard InChI is InChI=1S/C24H30N2O4S/c1-3-22(19-7-5-4-6-8-19)24(28)26-15-13-21(14-16-26)25-23(27)20-11-9-18(10-12-20)17-31(2,29)30/h4-12,21-22H,3,13-17H2,1-2H3,(H,25,27). The van der Waals surface area contributed by atoms with Crippen molar-refractivity contribution in [2.24, 2.45) is 0 Å². The van der Waals surface area contributed by atoms with Crippen molar-refractivity contribution in [3.8, 4) is 0 Å². The van der Waals surface area contributed by atoms with E-state index in [0.29, 0.717) is 24.2 Å². The number of rotatable bonds is 7. The Morgan fingerprint density at radius 3 is 2.19 bits per heavy atom. The van der Waals surface area contributed by atoms with Crippen LogP contribution in [0.5, 0.6) is 0 Å². The summed E-state index contributed by atoms with van der Waals surface area (Å²) in [5.41, 5.74) is 2.21. The predicted molar refractivity (Wildman–Crippen MR) is 122 cm³/mol. The van der Waals surface area contributed by atoms with E-state index in [1.807, 2.05) is 42.2 Å². The summed E-state index contributed by atoms with van der Waals surface area (Å²) in [6.07, 6.45) is 3.38. The van der Waals surface area contributed by atoms with Gasteiger partial charge in [-0.2, -0.15) is 0 Å². The summed E-state index contributed by atoms with van der Waals surface area (Å²) >= 11 is 0. The maximum atomic E-state index is 13.0. The minimum atomic E-state index is -3.10. The number of nitrogens with zero attached hydrogens (tertiary/aromatic N) is 1. The molecule has 1 aliphatic heterocycles. The molecule has 31 heavy (non-hydrogen) atoms. The minimum absolute atomic E-state index is 0.0176. The van der Waals surface area contributed by atoms with Crippen LogP contribution in [-0.4, -0.2) is 50.5 Å². The number of sulfone groups is 1. The maximum Gasteiger partial charge on any atom is 0.251 e. The van der Waals surface area contributed by atoms with Crippen LogP contribution in [0, 0.1) is 0 Å². The zero-order valence-corrected chi connectivity index (χ0v) is 18.9. The molecule has 0 spiro atoms. The van der Waals surface area contributed by atoms with E-state index in [1.54, 1.807) is 24.3 Å². The van der Waals surface area contributed by atoms with Gasteiger partial charge in [0, 0.05) is 31.0 Å². The lowest BCUT2D eigenvalue weighted by atomic mass is 9.93. The molecular weight excluding hydrogens is 412 g/mol. The van der Waals surface area contributed by atoms with Gasteiger partial charge >= 0.3 is 0 Å². The number of carbonyl (C=O) groups excluding carboxylic acids is 2. The van der Waals surface area contributed by atoms with Crippen molar-refractivity contribution in [1.29, 1.82) is 0 Å². The first kappa shape index (κ1) is 23.0. The van der Waals surface area contributed by atoms with E-state index in [2.05, 4.69) is 5.32 Å². The summed E-state index contributed by atoms with van der Waals surface area (Å²) in [5.74, 6) is -0.188. The molecule has 1 N–H and O–H groups in total. The first-order chi connectivity index (χ1) is 14.8. The fourth-order valence-corrected chi connectivity index (χ4v) is 4.82. The normalized spacial score (nSPS) is 16.0. The molecule has 3 rings (SSSR count). The molecule has 1 heterocycles. The highest BCUT2D eigenvalue weighted by atomic mass is 32.2. The van der Waals surface area contributed by atoms with Crippen LogP contribution in [0.2, 0.25) is 0 Å². The molecule has 1 unspecified atom stereocenters. The van der Waals surface area contributed by atoms with Gasteiger partial charge < -0.3 is 10.2 Å². The number of benzene rings is 2. The second-order valence-corrected chi connectivity index (χ2v) is 10.4. The molecule has 0 radical (unpaired) electrons. The number of hydrogen-bond acceptors (Lipinski definition) is 4. The van der Waals surface area contributed by atoms with Gasteiger partial charge in [-0.15, -0.1) is 0 Å². The SMILES string of the molecule is CCC(C(=O)N1CCC(NC(=O)c2ccc(CS(C)(=O)=O)cc2)CC1)c1ccccc1. The second-order valence-electron chi connectivity index (χ2n) is 8.21. The molecule has 2 amide bonds. The van der Waals surface area contributed by atoms with Crippen LogP contribution in [0.15, 0.2) is 54.6 Å². The van der Waals surface area contributed by atoms with Crippen LogP contribution < -0.4 is 5.32 Å². The van der Waals surface area contributed by atoms with Crippen LogP contribution in [-0.2, 0) is 20.4 Å². The third-order valence-electron chi connectivity index (χ3n) is 5.70. The van der Waals surface area contributed by atoms with Crippen molar-refractivity contribution >= 4 is 21.7 Å². The Morgan fingerprint density at radius 1 is 1.03 bits per heavy atom. The molecule has 1 aliphatic rings. The van der Waals surface area contributed by atoms with Gasteiger partial charge in [-0.25, -0.2) is 8.42 Å². The summed E-state index contributed by atoms with van der Waals surface area (Å²) < 4.78 is 22.8. The lowest BCUT2D eigenvalue weighted by molar-refractivity contribution is -0.134. The zero-order valence-electron chi connectivity index (χ0n) is 18.1. The second kappa shape index (κ2) is 10.1. The van der Waals surface area contributed by atoms with Gasteiger partial charge in [0.25, 0.3) is 5.91 Å². The van der Waals surface area contributed by atoms with Crippen LogP contribution in [0.25, 0.3) is 0 Å². The molecule has 0 saturated carbocycles. The Kier molecular flexibility index (Phi) is 7.49. The average molecular weight is 443 g/mol. The molecule has 0 bridgehead atoms. The smallest absolute Gasteiger partial charge is 0.251 e. The third-order valence-corrected chi connectivity index (χ3v) is 6.55. The fraction of sp³-hybridized carbons (Fsp3) is 0.417. The van der Waals surface area contributed by atoms with Crippen molar-refractivity contribution in [2.45, 2.75) is 43.9 Å². The summed E-state index contributed by atoms with van der Waals surface area (Å²) in [5, 5.41) is 3.04. The monoisotopic (exact) mass is 442 g/mol. The molecule has 1 saturated heterocycles. The van der Waals surface area contributed by atoms with E-state index in [0.717, 1.165) is 24.8 Å². The van der Waals surface area contributed by atoms with Crippen molar-refractivity contribution in [2.75, 3.05) is 19.3 Å². The van der Waals surface area contributed by atoms with Gasteiger partial charge in [-0.05, 0) is 42.5 Å². The first-order valence-electron chi connectivity index (χ1n) is 10.7. The third kappa shape index (κ3) is 6.40. The van der Waals surface area contributed by atoms with Gasteiger partial charge in [0.1, 0.15) is 0 Å². The van der Waals surface area contributed by atoms with E-state index >= 15 is 0 Å². The molecule has 0 aliphatic carbocycles. The quantitative estimate of drug-likeness (QED) is 0.714. The summed E-state index contributed by atoms with van der Waals surface area (Å²) in [7, 11) is -3.10. The Labute approximate surface area is 184 Å². The number of nitrogens with one attached hydrogen (secondary N) is 1. The van der Waals surface area contributed by atoms with E-state index in [1.165, 1.54) is 6.26 Å². The summed E-state index contributed by atoms with van der Waals surface area (Å²) in [4.78, 5) is 27.5. The van der Waals surface area contributed by atoms with Gasteiger partial charge in [-0.3, -0.25) is 9.59 Å². The molecule has 1 atom stereocenters. The largest absolute Gasteiger partial charge is 0.349 e. The molecule has 6 nitrogen and oxygen atoms in total. The molecular formula is C24H30N2O4S. The lowest BCUT2D eigenvalue weighted by Gasteiger charge is -2.34. The molecule has 1 fully saturated rings.